The molecule has 0 spiro atoms. The van der Waals surface area contributed by atoms with Gasteiger partial charge in [0.1, 0.15) is 6.54 Å². The molecule has 2 aliphatic heterocycles. The Morgan fingerprint density at radius 1 is 1.07 bits per heavy atom. The van der Waals surface area contributed by atoms with Crippen LogP contribution in [0.3, 0.4) is 0 Å². The van der Waals surface area contributed by atoms with E-state index in [1.54, 1.807) is 4.90 Å². The monoisotopic (exact) mass is 393 g/mol. The third-order valence-electron chi connectivity index (χ3n) is 5.55. The Morgan fingerprint density at radius 3 is 2.33 bits per heavy atom. The largest absolute Gasteiger partial charge is 0.372 e. The fourth-order valence-corrected chi connectivity index (χ4v) is 4.87. The molecule has 2 fully saturated rings. The van der Waals surface area contributed by atoms with Crippen molar-refractivity contribution in [2.75, 3.05) is 48.2 Å². The highest BCUT2D eigenvalue weighted by atomic mass is 32.2. The summed E-state index contributed by atoms with van der Waals surface area (Å²) < 4.78 is 25.9. The molecule has 0 radical (unpaired) electrons. The summed E-state index contributed by atoms with van der Waals surface area (Å²) in [4.78, 5) is 16.8. The average molecular weight is 394 g/mol. The number of piperidine rings is 2. The molecule has 0 bridgehead atoms. The van der Waals surface area contributed by atoms with Crippen LogP contribution in [0.5, 0.6) is 0 Å². The maximum absolute atomic E-state index is 12.7. The first kappa shape index (κ1) is 20.0. The molecule has 1 atom stereocenters. The number of carbonyl (C=O) groups is 1. The van der Waals surface area contributed by atoms with Crippen LogP contribution in [0.25, 0.3) is 0 Å². The molecule has 0 saturated carbocycles. The summed E-state index contributed by atoms with van der Waals surface area (Å²) >= 11 is 0. The summed E-state index contributed by atoms with van der Waals surface area (Å²) in [5.74, 6) is 0.352. The van der Waals surface area contributed by atoms with E-state index in [0.29, 0.717) is 24.7 Å². The minimum Gasteiger partial charge on any atom is -0.372 e. The van der Waals surface area contributed by atoms with Gasteiger partial charge in [-0.3, -0.25) is 9.10 Å². The molecule has 27 heavy (non-hydrogen) atoms. The molecule has 1 aromatic carbocycles. The van der Waals surface area contributed by atoms with Crippen LogP contribution in [-0.2, 0) is 14.8 Å². The molecule has 150 valence electrons. The minimum atomic E-state index is -3.53. The molecule has 1 amide bonds. The predicted molar refractivity (Wildman–Crippen MR) is 110 cm³/mol. The van der Waals surface area contributed by atoms with Gasteiger partial charge in [0.2, 0.25) is 15.9 Å². The van der Waals surface area contributed by atoms with Crippen LogP contribution in [0.4, 0.5) is 11.4 Å². The second kappa shape index (κ2) is 8.50. The summed E-state index contributed by atoms with van der Waals surface area (Å²) in [5, 5.41) is 0. The smallest absolute Gasteiger partial charge is 0.243 e. The molecule has 2 aliphatic rings. The summed E-state index contributed by atoms with van der Waals surface area (Å²) in [6.45, 7) is 5.52. The zero-order valence-corrected chi connectivity index (χ0v) is 17.2. The molecule has 1 unspecified atom stereocenters. The second-order valence-electron chi connectivity index (χ2n) is 7.92. The lowest BCUT2D eigenvalue weighted by Gasteiger charge is -2.33. The van der Waals surface area contributed by atoms with E-state index in [0.717, 1.165) is 37.9 Å². The number of carbonyl (C=O) groups excluding carboxylic acids is 1. The van der Waals surface area contributed by atoms with Gasteiger partial charge in [-0.2, -0.15) is 0 Å². The van der Waals surface area contributed by atoms with E-state index in [2.05, 4.69) is 11.8 Å². The molecule has 1 aromatic rings. The summed E-state index contributed by atoms with van der Waals surface area (Å²) in [6, 6.07) is 7.56. The highest BCUT2D eigenvalue weighted by Gasteiger charge is 2.26. The van der Waals surface area contributed by atoms with Crippen molar-refractivity contribution in [2.24, 2.45) is 5.92 Å². The first-order chi connectivity index (χ1) is 12.8. The van der Waals surface area contributed by atoms with Gasteiger partial charge in [-0.1, -0.05) is 6.92 Å². The van der Waals surface area contributed by atoms with Crippen molar-refractivity contribution < 1.29 is 13.2 Å². The number of rotatable bonds is 5. The molecule has 7 heteroatoms. The molecule has 3 rings (SSSR count). The van der Waals surface area contributed by atoms with Crippen molar-refractivity contribution in [3.05, 3.63) is 24.3 Å². The lowest BCUT2D eigenvalue weighted by Crippen LogP contribution is -2.46. The van der Waals surface area contributed by atoms with Crippen LogP contribution in [0.1, 0.15) is 39.0 Å². The number of sulfonamides is 1. The van der Waals surface area contributed by atoms with Crippen LogP contribution in [0.2, 0.25) is 0 Å². The summed E-state index contributed by atoms with van der Waals surface area (Å²) in [6.07, 6.45) is 6.93. The van der Waals surface area contributed by atoms with Crippen molar-refractivity contribution in [3.63, 3.8) is 0 Å². The molecule has 0 aromatic heterocycles. The summed E-state index contributed by atoms with van der Waals surface area (Å²) in [5.41, 5.74) is 1.67. The van der Waals surface area contributed by atoms with Crippen LogP contribution in [0, 0.1) is 5.92 Å². The van der Waals surface area contributed by atoms with Gasteiger partial charge in [0.15, 0.2) is 0 Å². The van der Waals surface area contributed by atoms with E-state index in [4.69, 9.17) is 0 Å². The number of anilines is 2. The van der Waals surface area contributed by atoms with Gasteiger partial charge in [-0.25, -0.2) is 8.42 Å². The lowest BCUT2D eigenvalue weighted by atomic mass is 10.0. The number of hydrogen-bond acceptors (Lipinski definition) is 4. The fourth-order valence-electron chi connectivity index (χ4n) is 4.02. The van der Waals surface area contributed by atoms with E-state index in [1.807, 2.05) is 24.3 Å². The van der Waals surface area contributed by atoms with Gasteiger partial charge in [0.25, 0.3) is 0 Å². The van der Waals surface area contributed by atoms with Crippen molar-refractivity contribution >= 4 is 27.3 Å². The van der Waals surface area contributed by atoms with Crippen molar-refractivity contribution in [1.82, 2.24) is 4.90 Å². The highest BCUT2D eigenvalue weighted by molar-refractivity contribution is 7.92. The number of nitrogens with zero attached hydrogens (tertiary/aromatic N) is 3. The van der Waals surface area contributed by atoms with Crippen LogP contribution >= 0.6 is 0 Å². The third-order valence-corrected chi connectivity index (χ3v) is 6.69. The Balaban J connectivity index is 1.73. The van der Waals surface area contributed by atoms with Gasteiger partial charge in [0, 0.05) is 31.9 Å². The quantitative estimate of drug-likeness (QED) is 0.772. The van der Waals surface area contributed by atoms with Crippen molar-refractivity contribution in [3.8, 4) is 0 Å². The SMILES string of the molecule is CC1CCCN(C(=O)CN(c2ccc(N3CCCCC3)cc2)S(C)(=O)=O)C1. The first-order valence-electron chi connectivity index (χ1n) is 9.95. The van der Waals surface area contributed by atoms with Crippen LogP contribution in [0.15, 0.2) is 24.3 Å². The molecule has 2 saturated heterocycles. The van der Waals surface area contributed by atoms with E-state index < -0.39 is 10.0 Å². The van der Waals surface area contributed by atoms with Gasteiger partial charge >= 0.3 is 0 Å². The Bertz CT molecular complexity index is 742. The maximum atomic E-state index is 12.7. The second-order valence-corrected chi connectivity index (χ2v) is 9.83. The molecular formula is C20H31N3O3S. The van der Waals surface area contributed by atoms with Gasteiger partial charge in [-0.15, -0.1) is 0 Å². The van der Waals surface area contributed by atoms with E-state index >= 15 is 0 Å². The van der Waals surface area contributed by atoms with E-state index in [-0.39, 0.29) is 12.5 Å². The third kappa shape index (κ3) is 5.15. The van der Waals surface area contributed by atoms with E-state index in [9.17, 15) is 13.2 Å². The van der Waals surface area contributed by atoms with Gasteiger partial charge in [-0.05, 0) is 62.3 Å². The Morgan fingerprint density at radius 2 is 1.74 bits per heavy atom. The number of likely N-dealkylation sites (tertiary alicyclic amines) is 1. The van der Waals surface area contributed by atoms with Crippen LogP contribution in [-0.4, -0.2) is 58.2 Å². The van der Waals surface area contributed by atoms with Crippen LogP contribution < -0.4 is 9.21 Å². The minimum absolute atomic E-state index is 0.118. The fraction of sp³-hybridized carbons (Fsp3) is 0.650. The van der Waals surface area contributed by atoms with Crippen molar-refractivity contribution in [1.29, 1.82) is 0 Å². The standard InChI is InChI=1S/C20H31N3O3S/c1-17-7-6-14-22(15-17)20(24)16-23(27(2,25)26)19-10-8-18(9-11-19)21-12-4-3-5-13-21/h8-11,17H,3-7,12-16H2,1-2H3. The molecule has 2 heterocycles. The van der Waals surface area contributed by atoms with Gasteiger partial charge in [0.05, 0.1) is 11.9 Å². The zero-order valence-electron chi connectivity index (χ0n) is 16.4. The lowest BCUT2D eigenvalue weighted by molar-refractivity contribution is -0.131. The average Bonchev–Trinajstić information content (AvgIpc) is 2.66. The molecule has 6 nitrogen and oxygen atoms in total. The molecular weight excluding hydrogens is 362 g/mol. The predicted octanol–water partition coefficient (Wildman–Crippen LogP) is 2.70. The van der Waals surface area contributed by atoms with Crippen molar-refractivity contribution in [2.45, 2.75) is 39.0 Å². The Hall–Kier alpha value is -1.76. The molecule has 0 aliphatic carbocycles. The highest BCUT2D eigenvalue weighted by Crippen LogP contribution is 2.25. The Labute approximate surface area is 163 Å². The topological polar surface area (TPSA) is 60.9 Å². The summed E-state index contributed by atoms with van der Waals surface area (Å²) in [7, 11) is -3.53. The number of benzene rings is 1. The zero-order chi connectivity index (χ0) is 19.4. The van der Waals surface area contributed by atoms with E-state index in [1.165, 1.54) is 23.6 Å². The maximum Gasteiger partial charge on any atom is 0.243 e. The number of amides is 1. The Kier molecular flexibility index (Phi) is 6.29. The van der Waals surface area contributed by atoms with Gasteiger partial charge < -0.3 is 9.80 Å². The molecule has 0 N–H and O–H groups in total. The first-order valence-corrected chi connectivity index (χ1v) is 11.8. The number of hydrogen-bond donors (Lipinski definition) is 0. The normalized spacial score (nSPS) is 21.2.